The molecule has 0 saturated carbocycles. The molecule has 4 aromatic rings. The third-order valence-electron chi connectivity index (χ3n) is 4.22. The maximum atomic E-state index is 13.9. The van der Waals surface area contributed by atoms with E-state index < -0.39 is 16.6 Å². The van der Waals surface area contributed by atoms with Gasteiger partial charge in [-0.25, -0.2) is 14.1 Å². The normalized spacial score (nSPS) is 11.0. The first-order chi connectivity index (χ1) is 15.3. The number of carbonyl (C=O) groups is 1. The molecule has 0 spiro atoms. The lowest BCUT2D eigenvalue weighted by Crippen LogP contribution is -2.13. The van der Waals surface area contributed by atoms with Crippen molar-refractivity contribution in [1.29, 1.82) is 0 Å². The summed E-state index contributed by atoms with van der Waals surface area (Å²) >= 11 is 9.07. The monoisotopic (exact) mass is 523 g/mol. The van der Waals surface area contributed by atoms with E-state index in [1.807, 2.05) is 0 Å². The number of aromatic nitrogens is 5. The summed E-state index contributed by atoms with van der Waals surface area (Å²) < 4.78 is 22.3. The van der Waals surface area contributed by atoms with Crippen molar-refractivity contribution in [3.63, 3.8) is 0 Å². The first kappa shape index (κ1) is 21.6. The Bertz CT molecular complexity index is 1300. The van der Waals surface area contributed by atoms with Gasteiger partial charge in [-0.1, -0.05) is 17.7 Å². The first-order valence-electron chi connectivity index (χ1n) is 8.90. The van der Waals surface area contributed by atoms with Gasteiger partial charge in [-0.05, 0) is 45.1 Å². The van der Waals surface area contributed by atoms with Gasteiger partial charge in [-0.3, -0.25) is 10.1 Å². The number of anilines is 1. The minimum absolute atomic E-state index is 0.00737. The van der Waals surface area contributed by atoms with Crippen LogP contribution in [0.1, 0.15) is 21.9 Å². The predicted molar refractivity (Wildman–Crippen MR) is 113 cm³/mol. The maximum absolute atomic E-state index is 13.9. The Morgan fingerprint density at radius 3 is 2.78 bits per heavy atom. The van der Waals surface area contributed by atoms with Gasteiger partial charge in [0.1, 0.15) is 28.9 Å². The second-order valence-corrected chi connectivity index (χ2v) is 7.70. The molecule has 164 valence electrons. The van der Waals surface area contributed by atoms with Crippen molar-refractivity contribution in [3.8, 4) is 0 Å². The fourth-order valence-corrected chi connectivity index (χ4v) is 3.46. The van der Waals surface area contributed by atoms with E-state index in [0.29, 0.717) is 5.76 Å². The van der Waals surface area contributed by atoms with E-state index in [0.717, 1.165) is 0 Å². The minimum atomic E-state index is -0.617. The molecule has 0 radical (unpaired) electrons. The average Bonchev–Trinajstić information content (AvgIpc) is 3.46. The summed E-state index contributed by atoms with van der Waals surface area (Å²) in [6, 6.07) is 7.33. The van der Waals surface area contributed by atoms with Gasteiger partial charge < -0.3 is 14.5 Å². The summed E-state index contributed by atoms with van der Waals surface area (Å²) in [6.07, 6.45) is 2.76. The summed E-state index contributed by atoms with van der Waals surface area (Å²) in [5.41, 5.74) is 0.248. The van der Waals surface area contributed by atoms with E-state index in [1.165, 1.54) is 40.1 Å². The summed E-state index contributed by atoms with van der Waals surface area (Å²) in [6.45, 7) is 0.112. The minimum Gasteiger partial charge on any atom is -0.454 e. The molecule has 0 aliphatic carbocycles. The molecule has 0 fully saturated rings. The molecule has 4 rings (SSSR count). The number of carbonyl (C=O) groups excluding carboxylic acids is 1. The Morgan fingerprint density at radius 1 is 1.25 bits per heavy atom. The van der Waals surface area contributed by atoms with Crippen molar-refractivity contribution in [2.45, 2.75) is 13.1 Å². The van der Waals surface area contributed by atoms with Crippen LogP contribution < -0.4 is 5.32 Å². The van der Waals surface area contributed by atoms with E-state index in [9.17, 15) is 19.3 Å². The molecule has 1 aromatic carbocycles. The summed E-state index contributed by atoms with van der Waals surface area (Å²) in [5.74, 6) is -1.08. The van der Waals surface area contributed by atoms with Crippen molar-refractivity contribution in [2.24, 2.45) is 0 Å². The van der Waals surface area contributed by atoms with Crippen LogP contribution in [0.3, 0.4) is 0 Å². The van der Waals surface area contributed by atoms with E-state index in [2.05, 4.69) is 36.4 Å². The Balaban J connectivity index is 1.40. The highest BCUT2D eigenvalue weighted by Gasteiger charge is 2.20. The van der Waals surface area contributed by atoms with Crippen molar-refractivity contribution >= 4 is 45.2 Å². The lowest BCUT2D eigenvalue weighted by Gasteiger charge is -2.05. The molecule has 3 heterocycles. The Kier molecular flexibility index (Phi) is 6.01. The average molecular weight is 525 g/mol. The number of halogens is 3. The molecule has 3 aromatic heterocycles. The molecule has 0 aliphatic rings. The van der Waals surface area contributed by atoms with Crippen LogP contribution in [-0.2, 0) is 13.1 Å². The van der Waals surface area contributed by atoms with E-state index in [1.54, 1.807) is 12.1 Å². The number of nitro groups is 1. The number of amides is 1. The lowest BCUT2D eigenvalue weighted by molar-refractivity contribution is -0.390. The SMILES string of the molecule is O=C(Nc1ncn(Cc2c(F)cccc2Cl)n1)c1ccc(Cn2cc(Br)c([N+](=O)[O-])n2)o1. The van der Waals surface area contributed by atoms with E-state index in [4.69, 9.17) is 16.0 Å². The van der Waals surface area contributed by atoms with Gasteiger partial charge in [0, 0.05) is 10.6 Å². The zero-order valence-corrected chi connectivity index (χ0v) is 18.2. The fourth-order valence-electron chi connectivity index (χ4n) is 2.77. The van der Waals surface area contributed by atoms with Crippen molar-refractivity contribution < 1.29 is 18.5 Å². The van der Waals surface area contributed by atoms with E-state index in [-0.39, 0.29) is 45.7 Å². The highest BCUT2D eigenvalue weighted by atomic mass is 79.9. The number of nitrogens with zero attached hydrogens (tertiary/aromatic N) is 6. The Labute approximate surface area is 192 Å². The maximum Gasteiger partial charge on any atom is 0.404 e. The Morgan fingerprint density at radius 2 is 2.06 bits per heavy atom. The molecule has 1 amide bonds. The van der Waals surface area contributed by atoms with E-state index >= 15 is 0 Å². The third kappa shape index (κ3) is 4.68. The highest BCUT2D eigenvalue weighted by Crippen LogP contribution is 2.23. The van der Waals surface area contributed by atoms with Crippen LogP contribution in [0, 0.1) is 15.9 Å². The fraction of sp³-hybridized carbons (Fsp3) is 0.111. The molecular weight excluding hydrogens is 513 g/mol. The van der Waals surface area contributed by atoms with Gasteiger partial charge in [0.2, 0.25) is 5.95 Å². The van der Waals surface area contributed by atoms with Gasteiger partial charge in [0.05, 0.1) is 17.8 Å². The van der Waals surface area contributed by atoms with Crippen LogP contribution in [0.25, 0.3) is 0 Å². The van der Waals surface area contributed by atoms with Crippen LogP contribution in [0.4, 0.5) is 16.2 Å². The number of rotatable bonds is 7. The van der Waals surface area contributed by atoms with Crippen LogP contribution in [0.2, 0.25) is 5.02 Å². The summed E-state index contributed by atoms with van der Waals surface area (Å²) in [4.78, 5) is 26.6. The van der Waals surface area contributed by atoms with Crippen LogP contribution >= 0.6 is 27.5 Å². The number of hydrogen-bond donors (Lipinski definition) is 1. The molecule has 0 bridgehead atoms. The topological polar surface area (TPSA) is 134 Å². The molecule has 14 heteroatoms. The summed E-state index contributed by atoms with van der Waals surface area (Å²) in [5, 5.41) is 21.5. The van der Waals surface area contributed by atoms with Gasteiger partial charge in [0.25, 0.3) is 5.91 Å². The number of benzene rings is 1. The standard InChI is InChI=1S/C18H12BrClFN7O4/c19-12-8-26(24-16(12)28(30)31)6-10-4-5-15(32-10)17(29)23-18-22-9-27(25-18)7-11-13(20)2-1-3-14(11)21/h1-5,8-9H,6-7H2,(H,23,25,29). The molecule has 0 unspecified atom stereocenters. The van der Waals surface area contributed by atoms with Gasteiger partial charge in [-0.15, -0.1) is 5.10 Å². The second kappa shape index (κ2) is 8.88. The van der Waals surface area contributed by atoms with Crippen molar-refractivity contribution in [3.05, 3.63) is 85.4 Å². The molecule has 11 nitrogen and oxygen atoms in total. The molecular formula is C18H12BrClFN7O4. The summed E-state index contributed by atoms with van der Waals surface area (Å²) in [7, 11) is 0. The van der Waals surface area contributed by atoms with Crippen LogP contribution in [-0.4, -0.2) is 35.4 Å². The lowest BCUT2D eigenvalue weighted by atomic mass is 10.2. The van der Waals surface area contributed by atoms with Crippen LogP contribution in [0.5, 0.6) is 0 Å². The molecule has 0 atom stereocenters. The number of furan rings is 1. The quantitative estimate of drug-likeness (QED) is 0.286. The van der Waals surface area contributed by atoms with Crippen molar-refractivity contribution in [1.82, 2.24) is 24.5 Å². The zero-order valence-electron chi connectivity index (χ0n) is 15.9. The number of nitrogens with one attached hydrogen (secondary N) is 1. The second-order valence-electron chi connectivity index (χ2n) is 6.44. The Hall–Kier alpha value is -3.58. The van der Waals surface area contributed by atoms with Gasteiger partial charge >= 0.3 is 5.82 Å². The molecule has 32 heavy (non-hydrogen) atoms. The largest absolute Gasteiger partial charge is 0.454 e. The van der Waals surface area contributed by atoms with Gasteiger partial charge in [0.15, 0.2) is 5.76 Å². The molecule has 1 N–H and O–H groups in total. The number of hydrogen-bond acceptors (Lipinski definition) is 7. The third-order valence-corrected chi connectivity index (χ3v) is 5.13. The predicted octanol–water partition coefficient (Wildman–Crippen LogP) is 3.88. The first-order valence-corrected chi connectivity index (χ1v) is 10.1. The van der Waals surface area contributed by atoms with Crippen molar-refractivity contribution in [2.75, 3.05) is 5.32 Å². The van der Waals surface area contributed by atoms with Gasteiger partial charge in [-0.2, -0.15) is 4.68 Å². The smallest absolute Gasteiger partial charge is 0.404 e. The highest BCUT2D eigenvalue weighted by molar-refractivity contribution is 9.10. The zero-order chi connectivity index (χ0) is 22.8. The molecule has 0 aliphatic heterocycles. The van der Waals surface area contributed by atoms with Crippen LogP contribution in [0.15, 0.2) is 51.7 Å². The molecule has 0 saturated heterocycles.